The Balaban J connectivity index is 1.83. The highest BCUT2D eigenvalue weighted by atomic mass is 35.5. The molecule has 2 aromatic carbocycles. The minimum Gasteiger partial charge on any atom is -0.348 e. The van der Waals surface area contributed by atoms with Crippen molar-refractivity contribution in [1.82, 2.24) is 10.2 Å². The molecule has 0 aliphatic heterocycles. The number of carbonyl (C=O) groups is 1. The number of halogens is 1. The van der Waals surface area contributed by atoms with Gasteiger partial charge in [-0.25, -0.2) is 0 Å². The summed E-state index contributed by atoms with van der Waals surface area (Å²) in [5, 5.41) is 3.72. The van der Waals surface area contributed by atoms with Crippen LogP contribution < -0.4 is 5.32 Å². The first kappa shape index (κ1) is 17.5. The van der Waals surface area contributed by atoms with Crippen molar-refractivity contribution in [2.45, 2.75) is 26.4 Å². The Morgan fingerprint density at radius 3 is 2.35 bits per heavy atom. The van der Waals surface area contributed by atoms with Gasteiger partial charge in [-0.3, -0.25) is 9.69 Å². The Bertz CT molecular complexity index is 637. The molecule has 0 radical (unpaired) electrons. The van der Waals surface area contributed by atoms with E-state index in [1.54, 1.807) is 0 Å². The molecule has 23 heavy (non-hydrogen) atoms. The lowest BCUT2D eigenvalue weighted by molar-refractivity contribution is -0.122. The number of rotatable bonds is 6. The van der Waals surface area contributed by atoms with Crippen molar-refractivity contribution in [2.75, 3.05) is 13.6 Å². The average Bonchev–Trinajstić information content (AvgIpc) is 2.50. The number of benzene rings is 2. The fourth-order valence-corrected chi connectivity index (χ4v) is 2.55. The van der Waals surface area contributed by atoms with E-state index in [9.17, 15) is 4.79 Å². The van der Waals surface area contributed by atoms with Gasteiger partial charge in [0.1, 0.15) is 0 Å². The maximum Gasteiger partial charge on any atom is 0.234 e. The van der Waals surface area contributed by atoms with Crippen LogP contribution in [0.4, 0.5) is 0 Å². The minimum absolute atomic E-state index is 0.0158. The first-order valence-electron chi connectivity index (χ1n) is 7.73. The van der Waals surface area contributed by atoms with Gasteiger partial charge < -0.3 is 5.32 Å². The van der Waals surface area contributed by atoms with Gasteiger partial charge in [0.15, 0.2) is 0 Å². The monoisotopic (exact) mass is 330 g/mol. The number of amides is 1. The third-order valence-corrected chi connectivity index (χ3v) is 3.99. The summed E-state index contributed by atoms with van der Waals surface area (Å²) in [6.07, 6.45) is 0. The Morgan fingerprint density at radius 1 is 1.13 bits per heavy atom. The molecule has 122 valence electrons. The Morgan fingerprint density at radius 2 is 1.74 bits per heavy atom. The summed E-state index contributed by atoms with van der Waals surface area (Å²) in [7, 11) is 1.95. The third kappa shape index (κ3) is 5.70. The van der Waals surface area contributed by atoms with Gasteiger partial charge in [0.2, 0.25) is 5.91 Å². The van der Waals surface area contributed by atoms with E-state index in [0.29, 0.717) is 11.6 Å². The van der Waals surface area contributed by atoms with Gasteiger partial charge in [0.25, 0.3) is 0 Å². The van der Waals surface area contributed by atoms with Crippen molar-refractivity contribution < 1.29 is 4.79 Å². The number of nitrogens with zero attached hydrogens (tertiary/aromatic N) is 1. The maximum atomic E-state index is 12.2. The second-order valence-corrected chi connectivity index (χ2v) is 6.44. The standard InChI is InChI=1S/C19H23ClN2O/c1-14-4-6-16(7-5-14)12-22(3)13-19(23)21-15(2)17-8-10-18(20)11-9-17/h4-11,15H,12-13H2,1-3H3,(H,21,23)/t15-/m0/s1. The van der Waals surface area contributed by atoms with Gasteiger partial charge >= 0.3 is 0 Å². The van der Waals surface area contributed by atoms with Crippen LogP contribution in [0.3, 0.4) is 0 Å². The van der Waals surface area contributed by atoms with Crippen LogP contribution >= 0.6 is 11.6 Å². The summed E-state index contributed by atoms with van der Waals surface area (Å²) in [6.45, 7) is 5.16. The first-order valence-corrected chi connectivity index (χ1v) is 8.11. The second kappa shape index (κ2) is 8.14. The van der Waals surface area contributed by atoms with E-state index in [1.807, 2.05) is 43.1 Å². The molecule has 1 atom stereocenters. The fourth-order valence-electron chi connectivity index (χ4n) is 2.43. The third-order valence-electron chi connectivity index (χ3n) is 3.73. The second-order valence-electron chi connectivity index (χ2n) is 6.00. The maximum absolute atomic E-state index is 12.2. The number of carbonyl (C=O) groups excluding carboxylic acids is 1. The molecule has 0 aromatic heterocycles. The molecule has 0 saturated heterocycles. The minimum atomic E-state index is -0.0347. The summed E-state index contributed by atoms with van der Waals surface area (Å²) < 4.78 is 0. The molecule has 0 saturated carbocycles. The zero-order chi connectivity index (χ0) is 16.8. The van der Waals surface area contributed by atoms with Crippen molar-refractivity contribution in [1.29, 1.82) is 0 Å². The highest BCUT2D eigenvalue weighted by molar-refractivity contribution is 6.30. The largest absolute Gasteiger partial charge is 0.348 e. The number of nitrogens with one attached hydrogen (secondary N) is 1. The van der Waals surface area contributed by atoms with Crippen LogP contribution in [0.2, 0.25) is 5.02 Å². The first-order chi connectivity index (χ1) is 10.9. The van der Waals surface area contributed by atoms with Gasteiger partial charge in [-0.2, -0.15) is 0 Å². The molecule has 0 unspecified atom stereocenters. The zero-order valence-electron chi connectivity index (χ0n) is 13.8. The lowest BCUT2D eigenvalue weighted by Gasteiger charge is -2.19. The molecule has 4 heteroatoms. The fraction of sp³-hybridized carbons (Fsp3) is 0.316. The lowest BCUT2D eigenvalue weighted by atomic mass is 10.1. The Kier molecular flexibility index (Phi) is 6.20. The predicted molar refractivity (Wildman–Crippen MR) is 95.5 cm³/mol. The summed E-state index contributed by atoms with van der Waals surface area (Å²) in [5.41, 5.74) is 3.49. The topological polar surface area (TPSA) is 32.3 Å². The van der Waals surface area contributed by atoms with E-state index in [1.165, 1.54) is 11.1 Å². The van der Waals surface area contributed by atoms with Crippen molar-refractivity contribution in [3.63, 3.8) is 0 Å². The molecule has 0 aliphatic carbocycles. The van der Waals surface area contributed by atoms with Gasteiger partial charge in [-0.05, 0) is 44.2 Å². The Hall–Kier alpha value is -1.84. The van der Waals surface area contributed by atoms with Crippen LogP contribution in [-0.2, 0) is 11.3 Å². The quantitative estimate of drug-likeness (QED) is 0.869. The highest BCUT2D eigenvalue weighted by Crippen LogP contribution is 2.16. The zero-order valence-corrected chi connectivity index (χ0v) is 14.6. The average molecular weight is 331 g/mol. The smallest absolute Gasteiger partial charge is 0.234 e. The summed E-state index contributed by atoms with van der Waals surface area (Å²) in [4.78, 5) is 14.2. The lowest BCUT2D eigenvalue weighted by Crippen LogP contribution is -2.36. The number of aryl methyl sites for hydroxylation is 1. The van der Waals surface area contributed by atoms with E-state index in [0.717, 1.165) is 12.1 Å². The molecule has 0 fully saturated rings. The van der Waals surface area contributed by atoms with Crippen molar-refractivity contribution in [3.05, 3.63) is 70.2 Å². The summed E-state index contributed by atoms with van der Waals surface area (Å²) >= 11 is 5.88. The molecular weight excluding hydrogens is 308 g/mol. The SMILES string of the molecule is Cc1ccc(CN(C)CC(=O)N[C@@H](C)c2ccc(Cl)cc2)cc1. The molecule has 3 nitrogen and oxygen atoms in total. The van der Waals surface area contributed by atoms with Crippen molar-refractivity contribution in [3.8, 4) is 0 Å². The molecule has 1 amide bonds. The van der Waals surface area contributed by atoms with E-state index in [4.69, 9.17) is 11.6 Å². The van der Waals surface area contributed by atoms with Crippen LogP contribution in [0.15, 0.2) is 48.5 Å². The molecule has 1 N–H and O–H groups in total. The summed E-state index contributed by atoms with van der Waals surface area (Å²) in [5.74, 6) is 0.0158. The van der Waals surface area contributed by atoms with E-state index < -0.39 is 0 Å². The summed E-state index contributed by atoms with van der Waals surface area (Å²) in [6, 6.07) is 15.9. The van der Waals surface area contributed by atoms with E-state index in [-0.39, 0.29) is 11.9 Å². The molecule has 0 spiro atoms. The Labute approximate surface area is 143 Å². The van der Waals surface area contributed by atoms with E-state index in [2.05, 4.69) is 36.5 Å². The van der Waals surface area contributed by atoms with Crippen LogP contribution in [0.25, 0.3) is 0 Å². The van der Waals surface area contributed by atoms with Gasteiger partial charge in [0, 0.05) is 11.6 Å². The molecule has 0 heterocycles. The van der Waals surface area contributed by atoms with Gasteiger partial charge in [0.05, 0.1) is 12.6 Å². The predicted octanol–water partition coefficient (Wildman–Crippen LogP) is 3.96. The number of likely N-dealkylation sites (N-methyl/N-ethyl adjacent to an activating group) is 1. The molecule has 2 rings (SSSR count). The number of hydrogen-bond acceptors (Lipinski definition) is 2. The van der Waals surface area contributed by atoms with Crippen LogP contribution in [0.5, 0.6) is 0 Å². The normalized spacial score (nSPS) is 12.2. The van der Waals surface area contributed by atoms with E-state index >= 15 is 0 Å². The van der Waals surface area contributed by atoms with Crippen LogP contribution in [0.1, 0.15) is 29.7 Å². The molecule has 0 bridgehead atoms. The van der Waals surface area contributed by atoms with Crippen molar-refractivity contribution >= 4 is 17.5 Å². The van der Waals surface area contributed by atoms with Crippen LogP contribution in [-0.4, -0.2) is 24.4 Å². The molecule has 0 aliphatic rings. The van der Waals surface area contributed by atoms with Crippen LogP contribution in [0, 0.1) is 6.92 Å². The van der Waals surface area contributed by atoms with Gasteiger partial charge in [-0.1, -0.05) is 53.6 Å². The van der Waals surface area contributed by atoms with Crippen molar-refractivity contribution in [2.24, 2.45) is 0 Å². The molecule has 2 aromatic rings. The molecular formula is C19H23ClN2O. The van der Waals surface area contributed by atoms with Gasteiger partial charge in [-0.15, -0.1) is 0 Å². The highest BCUT2D eigenvalue weighted by Gasteiger charge is 2.11. The number of hydrogen-bond donors (Lipinski definition) is 1.